The molecule has 0 saturated heterocycles. The molecule has 0 unspecified atom stereocenters. The van der Waals surface area contributed by atoms with E-state index in [1.807, 2.05) is 31.2 Å². The van der Waals surface area contributed by atoms with E-state index in [9.17, 15) is 0 Å². The van der Waals surface area contributed by atoms with Crippen molar-refractivity contribution in [3.63, 3.8) is 0 Å². The van der Waals surface area contributed by atoms with Gasteiger partial charge in [0, 0.05) is 11.6 Å². The van der Waals surface area contributed by atoms with Gasteiger partial charge in [0.15, 0.2) is 5.65 Å². The summed E-state index contributed by atoms with van der Waals surface area (Å²) in [5, 5.41) is 13.2. The quantitative estimate of drug-likeness (QED) is 0.420. The van der Waals surface area contributed by atoms with Gasteiger partial charge in [-0.25, -0.2) is 14.6 Å². The first-order valence-electron chi connectivity index (χ1n) is 7.72. The Morgan fingerprint density at radius 2 is 2.16 bits per heavy atom. The van der Waals surface area contributed by atoms with Crippen molar-refractivity contribution in [1.82, 2.24) is 29.9 Å². The molecule has 0 saturated carbocycles. The van der Waals surface area contributed by atoms with E-state index >= 15 is 0 Å². The monoisotopic (exact) mass is 333 g/mol. The molecule has 8 nitrogen and oxygen atoms in total. The molecule has 25 heavy (non-hydrogen) atoms. The summed E-state index contributed by atoms with van der Waals surface area (Å²) in [5.74, 6) is 0. The highest BCUT2D eigenvalue weighted by Gasteiger charge is 2.11. The third-order valence-corrected chi connectivity index (χ3v) is 3.83. The zero-order valence-corrected chi connectivity index (χ0v) is 13.8. The van der Waals surface area contributed by atoms with Crippen LogP contribution in [-0.2, 0) is 11.4 Å². The molecule has 0 amide bonds. The van der Waals surface area contributed by atoms with E-state index in [1.54, 1.807) is 17.1 Å². The van der Waals surface area contributed by atoms with E-state index in [-0.39, 0.29) is 0 Å². The minimum absolute atomic E-state index is 0.497. The number of oxime groups is 1. The minimum atomic E-state index is 0.497. The molecule has 124 valence electrons. The van der Waals surface area contributed by atoms with Crippen molar-refractivity contribution >= 4 is 27.9 Å². The first kappa shape index (κ1) is 15.1. The van der Waals surface area contributed by atoms with Gasteiger partial charge in [-0.2, -0.15) is 0 Å². The lowest BCUT2D eigenvalue weighted by molar-refractivity contribution is 0.213. The fraction of sp³-hybridized carbons (Fsp3) is 0.176. The number of hydrogen-bond donors (Lipinski definition) is 0. The molecule has 4 rings (SSSR count). The van der Waals surface area contributed by atoms with Crippen molar-refractivity contribution < 1.29 is 4.84 Å². The number of rotatable bonds is 4. The topological polar surface area (TPSA) is 91.0 Å². The molecule has 3 aromatic heterocycles. The zero-order valence-electron chi connectivity index (χ0n) is 13.8. The SMILES string of the molecule is CON=C(C)c1cnc2nnn(Cc3ccc4ncccc4c3)c2n1. The second-order valence-corrected chi connectivity index (χ2v) is 5.54. The molecule has 0 N–H and O–H groups in total. The molecule has 0 aliphatic carbocycles. The molecule has 4 aromatic rings. The Labute approximate surface area is 143 Å². The minimum Gasteiger partial charge on any atom is -0.399 e. The molecule has 0 fully saturated rings. The molecule has 0 bridgehead atoms. The summed E-state index contributed by atoms with van der Waals surface area (Å²) < 4.78 is 1.73. The highest BCUT2D eigenvalue weighted by atomic mass is 16.6. The Morgan fingerprint density at radius 1 is 1.24 bits per heavy atom. The Kier molecular flexibility index (Phi) is 3.77. The summed E-state index contributed by atoms with van der Waals surface area (Å²) in [6.07, 6.45) is 3.40. The lowest BCUT2D eigenvalue weighted by Gasteiger charge is -2.05. The van der Waals surface area contributed by atoms with Gasteiger partial charge < -0.3 is 4.84 Å². The van der Waals surface area contributed by atoms with Crippen LogP contribution in [0.5, 0.6) is 0 Å². The van der Waals surface area contributed by atoms with Gasteiger partial charge in [-0.1, -0.05) is 22.5 Å². The fourth-order valence-electron chi connectivity index (χ4n) is 2.62. The van der Waals surface area contributed by atoms with Crippen LogP contribution in [-0.4, -0.2) is 42.8 Å². The van der Waals surface area contributed by atoms with Crippen LogP contribution in [0.15, 0.2) is 47.9 Å². The summed E-state index contributed by atoms with van der Waals surface area (Å²) in [7, 11) is 1.50. The van der Waals surface area contributed by atoms with Crippen LogP contribution in [0.25, 0.3) is 22.2 Å². The average Bonchev–Trinajstić information content (AvgIpc) is 3.04. The predicted molar refractivity (Wildman–Crippen MR) is 93.2 cm³/mol. The number of pyridine rings is 1. The third kappa shape index (κ3) is 2.89. The number of fused-ring (bicyclic) bond motifs is 2. The molecular weight excluding hydrogens is 318 g/mol. The predicted octanol–water partition coefficient (Wildman–Crippen LogP) is 2.19. The van der Waals surface area contributed by atoms with Gasteiger partial charge >= 0.3 is 0 Å². The van der Waals surface area contributed by atoms with Crippen molar-refractivity contribution in [3.05, 3.63) is 54.0 Å². The maximum atomic E-state index is 4.79. The lowest BCUT2D eigenvalue weighted by Crippen LogP contribution is -2.06. The first-order valence-corrected chi connectivity index (χ1v) is 7.72. The van der Waals surface area contributed by atoms with Gasteiger partial charge in [-0.3, -0.25) is 4.98 Å². The molecule has 0 spiro atoms. The van der Waals surface area contributed by atoms with Gasteiger partial charge in [0.05, 0.1) is 18.3 Å². The van der Waals surface area contributed by atoms with Crippen molar-refractivity contribution in [3.8, 4) is 0 Å². The van der Waals surface area contributed by atoms with E-state index in [0.717, 1.165) is 16.5 Å². The number of hydrogen-bond acceptors (Lipinski definition) is 7. The van der Waals surface area contributed by atoms with Crippen LogP contribution in [0.2, 0.25) is 0 Å². The molecule has 8 heteroatoms. The Bertz CT molecular complexity index is 1090. The molecule has 0 radical (unpaired) electrons. The van der Waals surface area contributed by atoms with Crippen LogP contribution in [0.3, 0.4) is 0 Å². The van der Waals surface area contributed by atoms with Crippen LogP contribution >= 0.6 is 0 Å². The van der Waals surface area contributed by atoms with Gasteiger partial charge in [0.25, 0.3) is 0 Å². The smallest absolute Gasteiger partial charge is 0.221 e. The van der Waals surface area contributed by atoms with E-state index in [2.05, 4.69) is 36.5 Å². The van der Waals surface area contributed by atoms with E-state index in [0.29, 0.717) is 29.2 Å². The van der Waals surface area contributed by atoms with Gasteiger partial charge in [-0.05, 0) is 30.7 Å². The largest absolute Gasteiger partial charge is 0.399 e. The summed E-state index contributed by atoms with van der Waals surface area (Å²) in [6.45, 7) is 2.35. The molecular formula is C17H15N7O. The lowest BCUT2D eigenvalue weighted by atomic mass is 10.1. The van der Waals surface area contributed by atoms with Gasteiger partial charge in [0.2, 0.25) is 5.65 Å². The first-order chi connectivity index (χ1) is 12.2. The van der Waals surface area contributed by atoms with Crippen molar-refractivity contribution in [1.29, 1.82) is 0 Å². The summed E-state index contributed by atoms with van der Waals surface area (Å²) in [4.78, 5) is 18.0. The van der Waals surface area contributed by atoms with Gasteiger partial charge in [0.1, 0.15) is 18.5 Å². The van der Waals surface area contributed by atoms with Gasteiger partial charge in [-0.15, -0.1) is 5.10 Å². The second-order valence-electron chi connectivity index (χ2n) is 5.54. The summed E-state index contributed by atoms with van der Waals surface area (Å²) >= 11 is 0. The van der Waals surface area contributed by atoms with E-state index < -0.39 is 0 Å². The highest BCUT2D eigenvalue weighted by molar-refractivity contribution is 5.97. The Morgan fingerprint density at radius 3 is 3.04 bits per heavy atom. The van der Waals surface area contributed by atoms with E-state index in [1.165, 1.54) is 7.11 Å². The van der Waals surface area contributed by atoms with E-state index in [4.69, 9.17) is 4.84 Å². The molecule has 0 aliphatic rings. The number of aromatic nitrogens is 6. The van der Waals surface area contributed by atoms with Crippen molar-refractivity contribution in [2.75, 3.05) is 7.11 Å². The average molecular weight is 333 g/mol. The normalized spacial score (nSPS) is 12.0. The Balaban J connectivity index is 1.72. The zero-order chi connectivity index (χ0) is 17.2. The maximum Gasteiger partial charge on any atom is 0.221 e. The van der Waals surface area contributed by atoms with Crippen LogP contribution < -0.4 is 0 Å². The third-order valence-electron chi connectivity index (χ3n) is 3.83. The molecule has 0 atom stereocenters. The standard InChI is InChI=1S/C17H15N7O/c1-11(22-25-2)15-9-19-16-17(20-15)24(23-21-16)10-12-5-6-14-13(8-12)4-3-7-18-14/h3-9H,10H2,1-2H3. The molecule has 3 heterocycles. The summed E-state index contributed by atoms with van der Waals surface area (Å²) in [5.41, 5.74) is 4.41. The maximum absolute atomic E-state index is 4.79. The number of nitrogens with zero attached hydrogens (tertiary/aromatic N) is 7. The molecule has 0 aliphatic heterocycles. The highest BCUT2D eigenvalue weighted by Crippen LogP contribution is 2.15. The molecule has 1 aromatic carbocycles. The number of benzene rings is 1. The fourth-order valence-corrected chi connectivity index (χ4v) is 2.62. The second kappa shape index (κ2) is 6.23. The van der Waals surface area contributed by atoms with Crippen LogP contribution in [0.1, 0.15) is 18.2 Å². The van der Waals surface area contributed by atoms with Crippen LogP contribution in [0, 0.1) is 0 Å². The van der Waals surface area contributed by atoms with Crippen LogP contribution in [0.4, 0.5) is 0 Å². The van der Waals surface area contributed by atoms with Crippen molar-refractivity contribution in [2.24, 2.45) is 5.16 Å². The van der Waals surface area contributed by atoms with Crippen molar-refractivity contribution in [2.45, 2.75) is 13.5 Å². The summed E-state index contributed by atoms with van der Waals surface area (Å²) in [6, 6.07) is 10.1. The Hall–Kier alpha value is -3.42.